The Hall–Kier alpha value is -1.75. The van der Waals surface area contributed by atoms with Crippen LogP contribution in [0.1, 0.15) is 17.3 Å². The molecule has 0 saturated carbocycles. The van der Waals surface area contributed by atoms with Gasteiger partial charge in [-0.2, -0.15) is 0 Å². The van der Waals surface area contributed by atoms with Crippen LogP contribution in [0.25, 0.3) is 0 Å². The first kappa shape index (κ1) is 14.3. The van der Waals surface area contributed by atoms with E-state index in [0.29, 0.717) is 11.8 Å². The van der Waals surface area contributed by atoms with Crippen molar-refractivity contribution in [1.29, 1.82) is 0 Å². The van der Waals surface area contributed by atoms with Crippen LogP contribution in [0.15, 0.2) is 12.1 Å². The molecule has 6 heteroatoms. The number of carbonyl (C=O) groups excluding carboxylic acids is 2. The quantitative estimate of drug-likeness (QED) is 0.607. The minimum atomic E-state index is -0.830. The molecule has 0 aliphatic carbocycles. The zero-order valence-corrected chi connectivity index (χ0v) is 11.0. The molecule has 1 unspecified atom stereocenters. The summed E-state index contributed by atoms with van der Waals surface area (Å²) in [4.78, 5) is 21.9. The first-order chi connectivity index (χ1) is 8.53. The van der Waals surface area contributed by atoms with Gasteiger partial charge in [0.2, 0.25) is 0 Å². The number of carbonyl (C=O) groups is 2. The summed E-state index contributed by atoms with van der Waals surface area (Å²) in [6.07, 6.45) is -0.189. The lowest BCUT2D eigenvalue weighted by atomic mass is 10.2. The third-order valence-electron chi connectivity index (χ3n) is 2.22. The fourth-order valence-electron chi connectivity index (χ4n) is 1.31. The molecule has 0 aliphatic rings. The molecule has 0 amide bonds. The summed E-state index contributed by atoms with van der Waals surface area (Å²) in [5, 5.41) is 0.187. The largest absolute Gasteiger partial charge is 0.493 e. The van der Waals surface area contributed by atoms with E-state index in [2.05, 4.69) is 4.74 Å². The lowest BCUT2D eigenvalue weighted by Gasteiger charge is -2.16. The van der Waals surface area contributed by atoms with Gasteiger partial charge in [-0.3, -0.25) is 4.79 Å². The van der Waals surface area contributed by atoms with E-state index in [-0.39, 0.29) is 16.5 Å². The number of rotatable bonds is 5. The van der Waals surface area contributed by atoms with Crippen molar-refractivity contribution in [3.8, 4) is 11.5 Å². The van der Waals surface area contributed by atoms with Crippen LogP contribution in [-0.2, 0) is 9.53 Å². The number of hydrogen-bond donors (Lipinski definition) is 0. The molecule has 0 saturated heterocycles. The van der Waals surface area contributed by atoms with Crippen LogP contribution in [0, 0.1) is 0 Å². The van der Waals surface area contributed by atoms with Gasteiger partial charge in [-0.15, -0.1) is 0 Å². The average molecular weight is 273 g/mol. The molecular weight excluding hydrogens is 260 g/mol. The zero-order chi connectivity index (χ0) is 13.7. The molecule has 0 aromatic heterocycles. The van der Waals surface area contributed by atoms with Gasteiger partial charge >= 0.3 is 5.97 Å². The van der Waals surface area contributed by atoms with Crippen molar-refractivity contribution in [2.75, 3.05) is 14.2 Å². The van der Waals surface area contributed by atoms with Crippen LogP contribution in [0.4, 0.5) is 0 Å². The van der Waals surface area contributed by atoms with E-state index in [0.717, 1.165) is 0 Å². The van der Waals surface area contributed by atoms with Gasteiger partial charge < -0.3 is 14.2 Å². The SMILES string of the molecule is COC(=O)C(C)Oc1c(Cl)cc(C=O)cc1OC. The molecule has 1 atom stereocenters. The third-order valence-corrected chi connectivity index (χ3v) is 2.50. The summed E-state index contributed by atoms with van der Waals surface area (Å²) in [7, 11) is 2.67. The number of ether oxygens (including phenoxy) is 3. The highest BCUT2D eigenvalue weighted by molar-refractivity contribution is 6.32. The molecule has 0 N–H and O–H groups in total. The minimum absolute atomic E-state index is 0.187. The van der Waals surface area contributed by atoms with Crippen molar-refractivity contribution >= 4 is 23.9 Å². The Morgan fingerprint density at radius 1 is 1.39 bits per heavy atom. The van der Waals surface area contributed by atoms with E-state index in [1.54, 1.807) is 0 Å². The maximum absolute atomic E-state index is 11.3. The molecule has 0 spiro atoms. The Labute approximate surface area is 110 Å². The second kappa shape index (κ2) is 6.26. The maximum Gasteiger partial charge on any atom is 0.346 e. The summed E-state index contributed by atoms with van der Waals surface area (Å²) < 4.78 is 15.0. The van der Waals surface area contributed by atoms with Crippen LogP contribution >= 0.6 is 11.6 Å². The predicted molar refractivity (Wildman–Crippen MR) is 65.5 cm³/mol. The molecule has 0 heterocycles. The number of aldehydes is 1. The summed E-state index contributed by atoms with van der Waals surface area (Å²) in [5.41, 5.74) is 0.356. The van der Waals surface area contributed by atoms with Crippen LogP contribution in [0.2, 0.25) is 5.02 Å². The number of benzene rings is 1. The first-order valence-corrected chi connectivity index (χ1v) is 5.48. The van der Waals surface area contributed by atoms with Crippen molar-refractivity contribution < 1.29 is 23.8 Å². The molecular formula is C12H13ClO5. The minimum Gasteiger partial charge on any atom is -0.493 e. The Morgan fingerprint density at radius 3 is 2.56 bits per heavy atom. The van der Waals surface area contributed by atoms with Crippen molar-refractivity contribution in [2.24, 2.45) is 0 Å². The van der Waals surface area contributed by atoms with Crippen LogP contribution in [0.5, 0.6) is 11.5 Å². The highest BCUT2D eigenvalue weighted by Crippen LogP contribution is 2.36. The van der Waals surface area contributed by atoms with Gasteiger partial charge in [0.25, 0.3) is 0 Å². The number of hydrogen-bond acceptors (Lipinski definition) is 5. The molecule has 0 aliphatic heterocycles. The molecule has 5 nitrogen and oxygen atoms in total. The van der Waals surface area contributed by atoms with E-state index in [1.807, 2.05) is 0 Å². The number of halogens is 1. The highest BCUT2D eigenvalue weighted by atomic mass is 35.5. The predicted octanol–water partition coefficient (Wildman–Crippen LogP) is 2.10. The molecule has 0 bridgehead atoms. The van der Waals surface area contributed by atoms with Crippen molar-refractivity contribution in [3.63, 3.8) is 0 Å². The third kappa shape index (κ3) is 3.13. The van der Waals surface area contributed by atoms with Crippen LogP contribution < -0.4 is 9.47 Å². The molecule has 98 valence electrons. The normalized spacial score (nSPS) is 11.6. The standard InChI is InChI=1S/C12H13ClO5/c1-7(12(15)17-3)18-11-9(13)4-8(6-14)5-10(11)16-2/h4-7H,1-3H3. The van der Waals surface area contributed by atoms with Gasteiger partial charge in [-0.1, -0.05) is 11.6 Å². The van der Waals surface area contributed by atoms with Crippen molar-refractivity contribution in [1.82, 2.24) is 0 Å². The molecule has 18 heavy (non-hydrogen) atoms. The smallest absolute Gasteiger partial charge is 0.346 e. The molecule has 1 rings (SSSR count). The fourth-order valence-corrected chi connectivity index (χ4v) is 1.58. The van der Waals surface area contributed by atoms with E-state index in [4.69, 9.17) is 21.1 Å². The van der Waals surface area contributed by atoms with E-state index in [1.165, 1.54) is 33.3 Å². The lowest BCUT2D eigenvalue weighted by Crippen LogP contribution is -2.25. The van der Waals surface area contributed by atoms with Crippen LogP contribution in [-0.4, -0.2) is 32.6 Å². The Bertz CT molecular complexity index is 458. The van der Waals surface area contributed by atoms with Crippen LogP contribution in [0.3, 0.4) is 0 Å². The molecule has 0 radical (unpaired) electrons. The van der Waals surface area contributed by atoms with Gasteiger partial charge in [-0.25, -0.2) is 4.79 Å². The molecule has 0 fully saturated rings. The second-order valence-corrected chi connectivity index (χ2v) is 3.84. The van der Waals surface area contributed by atoms with E-state index >= 15 is 0 Å². The van der Waals surface area contributed by atoms with Gasteiger partial charge in [0.1, 0.15) is 6.29 Å². The second-order valence-electron chi connectivity index (χ2n) is 3.44. The maximum atomic E-state index is 11.3. The monoisotopic (exact) mass is 272 g/mol. The fraction of sp³-hybridized carbons (Fsp3) is 0.333. The molecule has 1 aromatic carbocycles. The summed E-state index contributed by atoms with van der Waals surface area (Å²) in [6, 6.07) is 2.90. The van der Waals surface area contributed by atoms with Gasteiger partial charge in [-0.05, 0) is 19.1 Å². The molecule has 1 aromatic rings. The Balaban J connectivity index is 3.08. The number of methoxy groups -OCH3 is 2. The van der Waals surface area contributed by atoms with E-state index in [9.17, 15) is 9.59 Å². The zero-order valence-electron chi connectivity index (χ0n) is 10.2. The Kier molecular flexibility index (Phi) is 4.97. The highest BCUT2D eigenvalue weighted by Gasteiger charge is 2.20. The Morgan fingerprint density at radius 2 is 2.06 bits per heavy atom. The van der Waals surface area contributed by atoms with Gasteiger partial charge in [0, 0.05) is 5.56 Å². The van der Waals surface area contributed by atoms with Gasteiger partial charge in [0.05, 0.1) is 19.2 Å². The summed E-state index contributed by atoms with van der Waals surface area (Å²) in [6.45, 7) is 1.52. The topological polar surface area (TPSA) is 61.8 Å². The van der Waals surface area contributed by atoms with Crippen molar-refractivity contribution in [2.45, 2.75) is 13.0 Å². The summed E-state index contributed by atoms with van der Waals surface area (Å²) >= 11 is 5.97. The summed E-state index contributed by atoms with van der Waals surface area (Å²) in [5.74, 6) is -0.0596. The van der Waals surface area contributed by atoms with Gasteiger partial charge in [0.15, 0.2) is 17.6 Å². The van der Waals surface area contributed by atoms with E-state index < -0.39 is 12.1 Å². The lowest BCUT2D eigenvalue weighted by molar-refractivity contribution is -0.147. The van der Waals surface area contributed by atoms with Crippen molar-refractivity contribution in [3.05, 3.63) is 22.7 Å². The first-order valence-electron chi connectivity index (χ1n) is 5.10. The number of esters is 1. The average Bonchev–Trinajstić information content (AvgIpc) is 2.39.